The SMILES string of the molecule is Cc1nc2nc([C@@H]3CCO[C@@H](c4cnn(C5CC5)c4)C3)nc(-c3cnn4c3OCCC4)c2nc1C. The molecular formula is C25H28N8O2. The van der Waals surface area contributed by atoms with E-state index in [-0.39, 0.29) is 12.0 Å². The van der Waals surface area contributed by atoms with E-state index in [1.54, 1.807) is 0 Å². The molecule has 4 aromatic heterocycles. The Kier molecular flexibility index (Phi) is 4.83. The molecule has 0 amide bonds. The average molecular weight is 473 g/mol. The molecule has 1 saturated carbocycles. The normalized spacial score (nSPS) is 22.2. The van der Waals surface area contributed by atoms with Crippen molar-refractivity contribution in [1.82, 2.24) is 39.5 Å². The van der Waals surface area contributed by atoms with Crippen molar-refractivity contribution in [3.63, 3.8) is 0 Å². The van der Waals surface area contributed by atoms with Crippen molar-refractivity contribution in [2.24, 2.45) is 0 Å². The average Bonchev–Trinajstić information content (AvgIpc) is 3.45. The van der Waals surface area contributed by atoms with Gasteiger partial charge in [-0.05, 0) is 39.5 Å². The van der Waals surface area contributed by atoms with Gasteiger partial charge in [0.25, 0.3) is 0 Å². The number of ether oxygens (including phenoxy) is 2. The lowest BCUT2D eigenvalue weighted by atomic mass is 9.92. The highest BCUT2D eigenvalue weighted by Gasteiger charge is 2.31. The Balaban J connectivity index is 1.29. The highest BCUT2D eigenvalue weighted by Crippen LogP contribution is 2.40. The van der Waals surface area contributed by atoms with Gasteiger partial charge in [-0.25, -0.2) is 24.6 Å². The third-order valence-corrected chi connectivity index (χ3v) is 7.32. The van der Waals surface area contributed by atoms with E-state index < -0.39 is 0 Å². The van der Waals surface area contributed by atoms with Crippen LogP contribution < -0.4 is 4.74 Å². The van der Waals surface area contributed by atoms with Crippen LogP contribution in [-0.2, 0) is 11.3 Å². The van der Waals surface area contributed by atoms with Crippen LogP contribution in [0, 0.1) is 13.8 Å². The molecule has 1 aliphatic carbocycles. The topological polar surface area (TPSA) is 106 Å². The highest BCUT2D eigenvalue weighted by molar-refractivity contribution is 5.88. The van der Waals surface area contributed by atoms with Crippen LogP contribution in [0.3, 0.4) is 0 Å². The van der Waals surface area contributed by atoms with E-state index in [9.17, 15) is 0 Å². The summed E-state index contributed by atoms with van der Waals surface area (Å²) in [5.41, 5.74) is 5.78. The van der Waals surface area contributed by atoms with Gasteiger partial charge in [-0.3, -0.25) is 4.68 Å². The Labute approximate surface area is 202 Å². The monoisotopic (exact) mass is 472 g/mol. The van der Waals surface area contributed by atoms with Crippen LogP contribution in [0.1, 0.15) is 72.9 Å². The van der Waals surface area contributed by atoms with Gasteiger partial charge in [0.1, 0.15) is 17.0 Å². The van der Waals surface area contributed by atoms with Gasteiger partial charge in [0.2, 0.25) is 5.88 Å². The minimum atomic E-state index is -0.0120. The zero-order valence-electron chi connectivity index (χ0n) is 20.0. The molecule has 0 aromatic carbocycles. The molecule has 7 rings (SSSR count). The predicted molar refractivity (Wildman–Crippen MR) is 127 cm³/mol. The molecule has 2 atom stereocenters. The maximum Gasteiger partial charge on any atom is 0.221 e. The molecule has 0 unspecified atom stereocenters. The number of aryl methyl sites for hydroxylation is 3. The van der Waals surface area contributed by atoms with Crippen LogP contribution >= 0.6 is 0 Å². The largest absolute Gasteiger partial charge is 0.477 e. The molecule has 0 N–H and O–H groups in total. The van der Waals surface area contributed by atoms with Crippen LogP contribution in [0.4, 0.5) is 0 Å². The molecule has 35 heavy (non-hydrogen) atoms. The van der Waals surface area contributed by atoms with E-state index >= 15 is 0 Å². The van der Waals surface area contributed by atoms with E-state index in [2.05, 4.69) is 21.1 Å². The van der Waals surface area contributed by atoms with Gasteiger partial charge in [-0.15, -0.1) is 0 Å². The number of hydrogen-bond acceptors (Lipinski definition) is 8. The van der Waals surface area contributed by atoms with Gasteiger partial charge in [0.05, 0.1) is 48.1 Å². The molecule has 2 aliphatic heterocycles. The van der Waals surface area contributed by atoms with Gasteiger partial charge in [-0.2, -0.15) is 10.2 Å². The Hall–Kier alpha value is -3.40. The maximum atomic E-state index is 6.16. The Morgan fingerprint density at radius 3 is 2.71 bits per heavy atom. The summed E-state index contributed by atoms with van der Waals surface area (Å²) in [5.74, 6) is 1.68. The van der Waals surface area contributed by atoms with Crippen molar-refractivity contribution < 1.29 is 9.47 Å². The minimum absolute atomic E-state index is 0.0120. The first-order chi connectivity index (χ1) is 17.1. The van der Waals surface area contributed by atoms with E-state index in [1.807, 2.05) is 30.9 Å². The zero-order valence-corrected chi connectivity index (χ0v) is 20.0. The molecule has 10 heteroatoms. The van der Waals surface area contributed by atoms with Crippen molar-refractivity contribution in [3.05, 3.63) is 41.4 Å². The summed E-state index contributed by atoms with van der Waals surface area (Å²) in [6.07, 6.45) is 11.0. The third-order valence-electron chi connectivity index (χ3n) is 7.32. The maximum absolute atomic E-state index is 6.16. The van der Waals surface area contributed by atoms with Crippen LogP contribution in [0.2, 0.25) is 0 Å². The van der Waals surface area contributed by atoms with Crippen molar-refractivity contribution in [1.29, 1.82) is 0 Å². The van der Waals surface area contributed by atoms with Gasteiger partial charge < -0.3 is 9.47 Å². The summed E-state index contributed by atoms with van der Waals surface area (Å²) in [5, 5.41) is 9.11. The molecule has 3 aliphatic rings. The van der Waals surface area contributed by atoms with Crippen molar-refractivity contribution >= 4 is 11.2 Å². The van der Waals surface area contributed by atoms with Crippen LogP contribution in [0.25, 0.3) is 22.4 Å². The van der Waals surface area contributed by atoms with Crippen molar-refractivity contribution in [3.8, 4) is 17.1 Å². The molecule has 1 saturated heterocycles. The Morgan fingerprint density at radius 2 is 1.83 bits per heavy atom. The highest BCUT2D eigenvalue weighted by atomic mass is 16.5. The van der Waals surface area contributed by atoms with Gasteiger partial charge in [-0.1, -0.05) is 0 Å². The second-order valence-corrected chi connectivity index (χ2v) is 9.85. The predicted octanol–water partition coefficient (Wildman–Crippen LogP) is 3.85. The lowest BCUT2D eigenvalue weighted by Gasteiger charge is -2.28. The summed E-state index contributed by atoms with van der Waals surface area (Å²) in [7, 11) is 0. The van der Waals surface area contributed by atoms with E-state index in [0.717, 1.165) is 65.7 Å². The first-order valence-electron chi connectivity index (χ1n) is 12.5. The van der Waals surface area contributed by atoms with Crippen molar-refractivity contribution in [2.45, 2.75) is 70.6 Å². The molecule has 6 heterocycles. The summed E-state index contributed by atoms with van der Waals surface area (Å²) in [6.45, 7) is 6.11. The standard InChI is InChI=1S/C25H28N8O2/c1-14-15(2)29-24-22(28-14)21(19-12-27-32-7-3-8-35-25(19)32)30-23(31-24)16-6-9-34-20(10-16)17-11-26-33(13-17)18-4-5-18/h11-13,16,18,20H,3-10H2,1-2H3/t16-,20-/m1/s1. The fraction of sp³-hybridized carbons (Fsp3) is 0.520. The molecule has 4 aromatic rings. The Morgan fingerprint density at radius 1 is 0.943 bits per heavy atom. The molecule has 0 spiro atoms. The van der Waals surface area contributed by atoms with E-state index in [1.165, 1.54) is 12.8 Å². The number of nitrogens with zero attached hydrogens (tertiary/aromatic N) is 8. The molecule has 2 fully saturated rings. The number of rotatable bonds is 4. The second kappa shape index (κ2) is 8.08. The summed E-state index contributed by atoms with van der Waals surface area (Å²) in [4.78, 5) is 19.7. The zero-order chi connectivity index (χ0) is 23.5. The molecule has 10 nitrogen and oxygen atoms in total. The number of aromatic nitrogens is 8. The number of hydrogen-bond donors (Lipinski definition) is 0. The third kappa shape index (κ3) is 3.67. The van der Waals surface area contributed by atoms with Crippen LogP contribution in [0.5, 0.6) is 5.88 Å². The van der Waals surface area contributed by atoms with Gasteiger partial charge in [0.15, 0.2) is 5.65 Å². The summed E-state index contributed by atoms with van der Waals surface area (Å²) in [6, 6.07) is 0.559. The number of fused-ring (bicyclic) bond motifs is 2. The van der Waals surface area contributed by atoms with Crippen LogP contribution in [-0.4, -0.2) is 52.7 Å². The van der Waals surface area contributed by atoms with E-state index in [4.69, 9.17) is 29.4 Å². The van der Waals surface area contributed by atoms with Gasteiger partial charge in [0, 0.05) is 37.3 Å². The summed E-state index contributed by atoms with van der Waals surface area (Å²) < 4.78 is 16.1. The smallest absolute Gasteiger partial charge is 0.221 e. The molecule has 0 bridgehead atoms. The fourth-order valence-corrected chi connectivity index (χ4v) is 5.05. The summed E-state index contributed by atoms with van der Waals surface area (Å²) >= 11 is 0. The fourth-order valence-electron chi connectivity index (χ4n) is 5.05. The minimum Gasteiger partial charge on any atom is -0.477 e. The quantitative estimate of drug-likeness (QED) is 0.441. The van der Waals surface area contributed by atoms with Gasteiger partial charge >= 0.3 is 0 Å². The first-order valence-corrected chi connectivity index (χ1v) is 12.5. The Bertz CT molecular complexity index is 1420. The molecule has 180 valence electrons. The first kappa shape index (κ1) is 20.9. The second-order valence-electron chi connectivity index (χ2n) is 9.85. The molecular weight excluding hydrogens is 444 g/mol. The van der Waals surface area contributed by atoms with E-state index in [0.29, 0.717) is 30.4 Å². The lowest BCUT2D eigenvalue weighted by Crippen LogP contribution is -2.20. The van der Waals surface area contributed by atoms with Crippen molar-refractivity contribution in [2.75, 3.05) is 13.2 Å². The lowest BCUT2D eigenvalue weighted by molar-refractivity contribution is 0.00396. The molecule has 0 radical (unpaired) electrons. The van der Waals surface area contributed by atoms with Crippen LogP contribution in [0.15, 0.2) is 18.6 Å².